The van der Waals surface area contributed by atoms with Gasteiger partial charge in [-0.05, 0) is 31.6 Å². The molecule has 112 valence electrons. The molecule has 3 fully saturated rings. The molecule has 8 nitrogen and oxygen atoms in total. The number of nitrogens with zero attached hydrogens (tertiary/aromatic N) is 4. The van der Waals surface area contributed by atoms with Crippen LogP contribution in [0.2, 0.25) is 0 Å². The van der Waals surface area contributed by atoms with Gasteiger partial charge in [0.2, 0.25) is 5.91 Å². The maximum Gasteiger partial charge on any atom is 0.408 e. The van der Waals surface area contributed by atoms with Gasteiger partial charge in [0.1, 0.15) is 12.1 Å². The van der Waals surface area contributed by atoms with E-state index in [0.29, 0.717) is 31.5 Å². The largest absolute Gasteiger partial charge is 0.465 e. The molecule has 2 amide bonds. The van der Waals surface area contributed by atoms with Crippen LogP contribution in [0.15, 0.2) is 5.16 Å². The first kappa shape index (κ1) is 13.7. The molecule has 0 aromatic rings. The maximum absolute atomic E-state index is 12.7. The molecule has 21 heavy (non-hydrogen) atoms. The van der Waals surface area contributed by atoms with Crippen LogP contribution >= 0.6 is 0 Å². The van der Waals surface area contributed by atoms with Crippen molar-refractivity contribution in [2.45, 2.75) is 43.8 Å². The minimum Gasteiger partial charge on any atom is -0.465 e. The fraction of sp³-hybridized carbons (Fsp3) is 0.692. The standard InChI is InChI=1S/C13H16N4O4/c14-6-8-2-1-3-16(8)12(18)11-7-4-9(15-21)10(5-7)17(11)13(19)20/h7-8,10-11,21H,1-5H2,(H,19,20)/t7-,8+,10-,11+/m1/s1. The molecule has 2 saturated heterocycles. The van der Waals surface area contributed by atoms with E-state index >= 15 is 0 Å². The lowest BCUT2D eigenvalue weighted by Gasteiger charge is -2.35. The quantitative estimate of drug-likeness (QED) is 0.538. The van der Waals surface area contributed by atoms with Gasteiger partial charge in [0.15, 0.2) is 0 Å². The van der Waals surface area contributed by atoms with E-state index in [1.54, 1.807) is 0 Å². The molecule has 2 aliphatic heterocycles. The van der Waals surface area contributed by atoms with Crippen LogP contribution in [0.3, 0.4) is 0 Å². The molecule has 2 N–H and O–H groups in total. The Hall–Kier alpha value is -2.30. The number of nitriles is 1. The molecule has 4 atom stereocenters. The van der Waals surface area contributed by atoms with Gasteiger partial charge < -0.3 is 15.2 Å². The summed E-state index contributed by atoms with van der Waals surface area (Å²) >= 11 is 0. The van der Waals surface area contributed by atoms with Crippen molar-refractivity contribution in [3.05, 3.63) is 0 Å². The number of amides is 2. The first-order chi connectivity index (χ1) is 10.1. The summed E-state index contributed by atoms with van der Waals surface area (Å²) in [7, 11) is 0. The summed E-state index contributed by atoms with van der Waals surface area (Å²) in [5.74, 6) is -0.449. The molecule has 1 saturated carbocycles. The Labute approximate surface area is 121 Å². The number of fused-ring (bicyclic) bond motifs is 2. The van der Waals surface area contributed by atoms with Crippen molar-refractivity contribution in [3.63, 3.8) is 0 Å². The second-order valence-electron chi connectivity index (χ2n) is 5.76. The fourth-order valence-corrected chi connectivity index (χ4v) is 3.86. The third kappa shape index (κ3) is 1.92. The minimum atomic E-state index is -1.19. The number of piperidine rings is 1. The molecule has 0 spiro atoms. The van der Waals surface area contributed by atoms with Gasteiger partial charge in [-0.15, -0.1) is 0 Å². The summed E-state index contributed by atoms with van der Waals surface area (Å²) in [5.41, 5.74) is 0.421. The highest BCUT2D eigenvalue weighted by atomic mass is 16.4. The molecular formula is C13H16N4O4. The molecule has 8 heteroatoms. The van der Waals surface area contributed by atoms with Gasteiger partial charge >= 0.3 is 6.09 Å². The Balaban J connectivity index is 1.87. The van der Waals surface area contributed by atoms with Crippen molar-refractivity contribution in [1.29, 1.82) is 5.26 Å². The van der Waals surface area contributed by atoms with Gasteiger partial charge in [-0.1, -0.05) is 5.16 Å². The predicted octanol–water partition coefficient (Wildman–Crippen LogP) is 0.472. The van der Waals surface area contributed by atoms with Gasteiger partial charge in [0.05, 0.1) is 17.8 Å². The second kappa shape index (κ2) is 4.91. The third-order valence-electron chi connectivity index (χ3n) is 4.75. The smallest absolute Gasteiger partial charge is 0.408 e. The molecule has 0 aromatic heterocycles. The molecule has 1 aliphatic carbocycles. The van der Waals surface area contributed by atoms with Gasteiger partial charge in [-0.25, -0.2) is 4.79 Å². The zero-order valence-electron chi connectivity index (χ0n) is 11.3. The number of hydrogen-bond acceptors (Lipinski definition) is 5. The lowest BCUT2D eigenvalue weighted by Crippen LogP contribution is -2.56. The first-order valence-electron chi connectivity index (χ1n) is 7.00. The Morgan fingerprint density at radius 3 is 2.81 bits per heavy atom. The van der Waals surface area contributed by atoms with Crippen molar-refractivity contribution >= 4 is 17.7 Å². The second-order valence-corrected chi connectivity index (χ2v) is 5.76. The number of hydrogen-bond donors (Lipinski definition) is 2. The summed E-state index contributed by atoms with van der Waals surface area (Å²) in [6.07, 6.45) is 1.16. The van der Waals surface area contributed by atoms with Crippen molar-refractivity contribution in [2.75, 3.05) is 6.54 Å². The van der Waals surface area contributed by atoms with Crippen molar-refractivity contribution < 1.29 is 19.9 Å². The van der Waals surface area contributed by atoms with Gasteiger partial charge in [-0.3, -0.25) is 9.69 Å². The first-order valence-corrected chi connectivity index (χ1v) is 7.00. The SMILES string of the molecule is N#C[C@@H]1CCCN1C(=O)[C@@H]1[C@@H]2CC(=NO)[C@@H](C2)N1C(=O)O. The molecule has 2 heterocycles. The Bertz CT molecular complexity index is 555. The summed E-state index contributed by atoms with van der Waals surface area (Å²) < 4.78 is 0. The topological polar surface area (TPSA) is 117 Å². The van der Waals surface area contributed by atoms with Crippen LogP contribution < -0.4 is 0 Å². The Morgan fingerprint density at radius 1 is 1.43 bits per heavy atom. The summed E-state index contributed by atoms with van der Waals surface area (Å²) in [6.45, 7) is 0.499. The highest BCUT2D eigenvalue weighted by Gasteiger charge is 2.56. The molecule has 0 radical (unpaired) electrons. The number of rotatable bonds is 1. The van der Waals surface area contributed by atoms with E-state index in [2.05, 4.69) is 11.2 Å². The average molecular weight is 292 g/mol. The van der Waals surface area contributed by atoms with Crippen LogP contribution in [0, 0.1) is 17.2 Å². The molecular weight excluding hydrogens is 276 g/mol. The molecule has 2 bridgehead atoms. The fourth-order valence-electron chi connectivity index (χ4n) is 3.86. The number of carbonyl (C=O) groups excluding carboxylic acids is 1. The highest BCUT2D eigenvalue weighted by molar-refractivity contribution is 5.99. The normalized spacial score (nSPS) is 36.2. The molecule has 3 rings (SSSR count). The summed E-state index contributed by atoms with van der Waals surface area (Å²) in [6, 6.07) is 0.366. The van der Waals surface area contributed by atoms with Gasteiger partial charge in [0.25, 0.3) is 0 Å². The number of likely N-dealkylation sites (tertiary alicyclic amines) is 2. The van der Waals surface area contributed by atoms with Crippen LogP contribution in [0.4, 0.5) is 4.79 Å². The van der Waals surface area contributed by atoms with E-state index in [-0.39, 0.29) is 11.8 Å². The van der Waals surface area contributed by atoms with Crippen LogP contribution in [0.25, 0.3) is 0 Å². The Morgan fingerprint density at radius 2 is 2.19 bits per heavy atom. The van der Waals surface area contributed by atoms with Crippen LogP contribution in [0.1, 0.15) is 25.7 Å². The van der Waals surface area contributed by atoms with E-state index in [1.807, 2.05) is 0 Å². The van der Waals surface area contributed by atoms with E-state index in [4.69, 9.17) is 10.5 Å². The van der Waals surface area contributed by atoms with Crippen molar-refractivity contribution in [1.82, 2.24) is 9.80 Å². The van der Waals surface area contributed by atoms with E-state index < -0.39 is 24.2 Å². The number of oxime groups is 1. The lowest BCUT2D eigenvalue weighted by atomic mass is 9.96. The predicted molar refractivity (Wildman–Crippen MR) is 69.7 cm³/mol. The van der Waals surface area contributed by atoms with E-state index in [9.17, 15) is 14.7 Å². The summed E-state index contributed by atoms with van der Waals surface area (Å²) in [5, 5.41) is 30.6. The van der Waals surface area contributed by atoms with E-state index in [1.165, 1.54) is 4.90 Å². The number of carboxylic acid groups (broad SMARTS) is 1. The van der Waals surface area contributed by atoms with E-state index in [0.717, 1.165) is 11.3 Å². The Kier molecular flexibility index (Phi) is 3.20. The average Bonchev–Trinajstić information content (AvgIpc) is 3.17. The zero-order chi connectivity index (χ0) is 15.1. The van der Waals surface area contributed by atoms with Crippen molar-refractivity contribution in [2.24, 2.45) is 11.1 Å². The monoisotopic (exact) mass is 292 g/mol. The van der Waals surface area contributed by atoms with Crippen LogP contribution in [-0.2, 0) is 4.79 Å². The van der Waals surface area contributed by atoms with Crippen LogP contribution in [-0.4, -0.2) is 62.5 Å². The van der Waals surface area contributed by atoms with Gasteiger partial charge in [-0.2, -0.15) is 5.26 Å². The minimum absolute atomic E-state index is 0.163. The van der Waals surface area contributed by atoms with Crippen molar-refractivity contribution in [3.8, 4) is 6.07 Å². The number of carbonyl (C=O) groups is 2. The van der Waals surface area contributed by atoms with Crippen LogP contribution in [0.5, 0.6) is 0 Å². The molecule has 0 aromatic carbocycles. The molecule has 3 aliphatic rings. The highest BCUT2D eigenvalue weighted by Crippen LogP contribution is 2.42. The van der Waals surface area contributed by atoms with Gasteiger partial charge in [0, 0.05) is 6.54 Å². The lowest BCUT2D eigenvalue weighted by molar-refractivity contribution is -0.137. The molecule has 0 unspecified atom stereocenters. The zero-order valence-corrected chi connectivity index (χ0v) is 11.3. The maximum atomic E-state index is 12.7. The summed E-state index contributed by atoms with van der Waals surface area (Å²) in [4.78, 5) is 26.8. The third-order valence-corrected chi connectivity index (χ3v) is 4.75.